The Balaban J connectivity index is 1.91. The van der Waals surface area contributed by atoms with Gasteiger partial charge in [0, 0.05) is 7.05 Å². The van der Waals surface area contributed by atoms with Crippen LogP contribution >= 0.6 is 0 Å². The average molecular weight is 232 g/mol. The number of ether oxygens (including phenoxy) is 1. The Morgan fingerprint density at radius 3 is 3.00 bits per heavy atom. The molecule has 3 rings (SSSR count). The summed E-state index contributed by atoms with van der Waals surface area (Å²) < 4.78 is 7.84. The third kappa shape index (κ3) is 1.98. The molecule has 0 aliphatic carbocycles. The molecule has 0 atom stereocenters. The van der Waals surface area contributed by atoms with Crippen molar-refractivity contribution in [3.8, 4) is 5.75 Å². The van der Waals surface area contributed by atoms with Gasteiger partial charge in [-0.2, -0.15) is 0 Å². The molecule has 1 fully saturated rings. The highest BCUT2D eigenvalue weighted by Crippen LogP contribution is 2.25. The van der Waals surface area contributed by atoms with Crippen LogP contribution in [0.5, 0.6) is 5.75 Å². The van der Waals surface area contributed by atoms with Gasteiger partial charge < -0.3 is 10.1 Å². The molecule has 0 unspecified atom stereocenters. The Hall–Kier alpha value is -1.62. The number of aryl methyl sites for hydroxylation is 1. The minimum absolute atomic E-state index is 0.303. The third-order valence-corrected chi connectivity index (χ3v) is 3.17. The fourth-order valence-corrected chi connectivity index (χ4v) is 2.26. The van der Waals surface area contributed by atoms with E-state index < -0.39 is 0 Å². The van der Waals surface area contributed by atoms with Crippen molar-refractivity contribution in [2.45, 2.75) is 18.9 Å². The number of hydrogen-bond acceptors (Lipinski definition) is 4. The van der Waals surface area contributed by atoms with E-state index in [4.69, 9.17) is 4.74 Å². The number of fused-ring (bicyclic) bond motifs is 1. The molecule has 0 radical (unpaired) electrons. The molecule has 2 heterocycles. The number of nitrogens with zero attached hydrogens (tertiary/aromatic N) is 3. The van der Waals surface area contributed by atoms with E-state index in [2.05, 4.69) is 15.6 Å². The van der Waals surface area contributed by atoms with Crippen molar-refractivity contribution in [2.24, 2.45) is 7.05 Å². The number of para-hydroxylation sites is 1. The summed E-state index contributed by atoms with van der Waals surface area (Å²) in [5.41, 5.74) is 1.87. The second kappa shape index (κ2) is 4.33. The van der Waals surface area contributed by atoms with E-state index >= 15 is 0 Å². The average Bonchev–Trinajstić information content (AvgIpc) is 2.74. The van der Waals surface area contributed by atoms with Crippen molar-refractivity contribution in [3.63, 3.8) is 0 Å². The van der Waals surface area contributed by atoms with E-state index in [1.807, 2.05) is 25.2 Å². The molecule has 90 valence electrons. The van der Waals surface area contributed by atoms with Gasteiger partial charge in [0.25, 0.3) is 0 Å². The summed E-state index contributed by atoms with van der Waals surface area (Å²) in [6.07, 6.45) is 2.42. The summed E-state index contributed by atoms with van der Waals surface area (Å²) in [5, 5.41) is 11.5. The Morgan fingerprint density at radius 1 is 1.35 bits per heavy atom. The zero-order valence-electron chi connectivity index (χ0n) is 9.89. The monoisotopic (exact) mass is 232 g/mol. The first-order chi connectivity index (χ1) is 8.34. The number of nitrogens with one attached hydrogen (secondary N) is 1. The van der Waals surface area contributed by atoms with Gasteiger partial charge in [0.05, 0.1) is 0 Å². The SMILES string of the molecule is Cn1nnc2cccc(OC3CCNCC3)c21. The molecule has 5 heteroatoms. The van der Waals surface area contributed by atoms with Gasteiger partial charge in [-0.3, -0.25) is 0 Å². The van der Waals surface area contributed by atoms with Gasteiger partial charge in [-0.1, -0.05) is 11.3 Å². The topological polar surface area (TPSA) is 52.0 Å². The summed E-state index contributed by atoms with van der Waals surface area (Å²) in [5.74, 6) is 0.891. The zero-order chi connectivity index (χ0) is 11.7. The number of hydrogen-bond donors (Lipinski definition) is 1. The highest BCUT2D eigenvalue weighted by atomic mass is 16.5. The summed E-state index contributed by atoms with van der Waals surface area (Å²) in [7, 11) is 1.89. The van der Waals surface area contributed by atoms with Crippen molar-refractivity contribution in [1.82, 2.24) is 20.3 Å². The largest absolute Gasteiger partial charge is 0.488 e. The first kappa shape index (κ1) is 10.5. The lowest BCUT2D eigenvalue weighted by Gasteiger charge is -2.24. The minimum Gasteiger partial charge on any atom is -0.488 e. The quantitative estimate of drug-likeness (QED) is 0.842. The van der Waals surface area contributed by atoms with Crippen LogP contribution in [0.3, 0.4) is 0 Å². The van der Waals surface area contributed by atoms with Crippen LogP contribution in [-0.2, 0) is 7.05 Å². The van der Waals surface area contributed by atoms with E-state index in [9.17, 15) is 0 Å². The van der Waals surface area contributed by atoms with Crippen LogP contribution in [0.25, 0.3) is 11.0 Å². The number of benzene rings is 1. The van der Waals surface area contributed by atoms with E-state index in [1.54, 1.807) is 4.68 Å². The maximum atomic E-state index is 6.07. The van der Waals surface area contributed by atoms with Gasteiger partial charge in [-0.15, -0.1) is 5.10 Å². The number of aromatic nitrogens is 3. The zero-order valence-corrected chi connectivity index (χ0v) is 9.89. The molecule has 0 bridgehead atoms. The maximum absolute atomic E-state index is 6.07. The Kier molecular flexibility index (Phi) is 2.68. The molecule has 2 aromatic rings. The Labute approximate surface area is 99.8 Å². The summed E-state index contributed by atoms with van der Waals surface area (Å²) >= 11 is 0. The molecule has 1 aromatic heterocycles. The Morgan fingerprint density at radius 2 is 2.18 bits per heavy atom. The fraction of sp³-hybridized carbons (Fsp3) is 0.500. The van der Waals surface area contributed by atoms with Crippen LogP contribution in [0.15, 0.2) is 18.2 Å². The molecule has 5 nitrogen and oxygen atoms in total. The third-order valence-electron chi connectivity index (χ3n) is 3.17. The van der Waals surface area contributed by atoms with Crippen LogP contribution in [-0.4, -0.2) is 34.2 Å². The Bertz CT molecular complexity index is 516. The van der Waals surface area contributed by atoms with Crippen molar-refractivity contribution in [1.29, 1.82) is 0 Å². The smallest absolute Gasteiger partial charge is 0.147 e. The molecule has 1 N–H and O–H groups in total. The molecule has 0 amide bonds. The van der Waals surface area contributed by atoms with Crippen LogP contribution in [0.4, 0.5) is 0 Å². The molecule has 1 aliphatic rings. The van der Waals surface area contributed by atoms with Crippen molar-refractivity contribution in [2.75, 3.05) is 13.1 Å². The van der Waals surface area contributed by atoms with Gasteiger partial charge in [0.2, 0.25) is 0 Å². The second-order valence-electron chi connectivity index (χ2n) is 4.40. The standard InChI is InChI=1S/C12H16N4O/c1-16-12-10(14-15-16)3-2-4-11(12)17-9-5-7-13-8-6-9/h2-4,9,13H,5-8H2,1H3. The molecule has 0 saturated carbocycles. The summed E-state index contributed by atoms with van der Waals surface area (Å²) in [6.45, 7) is 2.06. The molecule has 1 aliphatic heterocycles. The summed E-state index contributed by atoms with van der Waals surface area (Å²) in [4.78, 5) is 0. The van der Waals surface area contributed by atoms with Crippen molar-refractivity contribution < 1.29 is 4.74 Å². The lowest BCUT2D eigenvalue weighted by molar-refractivity contribution is 0.164. The van der Waals surface area contributed by atoms with Gasteiger partial charge in [-0.05, 0) is 38.1 Å². The lowest BCUT2D eigenvalue weighted by atomic mass is 10.1. The van der Waals surface area contributed by atoms with Crippen molar-refractivity contribution in [3.05, 3.63) is 18.2 Å². The van der Waals surface area contributed by atoms with E-state index in [0.29, 0.717) is 6.10 Å². The normalized spacial score (nSPS) is 17.5. The van der Waals surface area contributed by atoms with E-state index in [1.165, 1.54) is 0 Å². The predicted molar refractivity (Wildman–Crippen MR) is 65.0 cm³/mol. The highest BCUT2D eigenvalue weighted by molar-refractivity contribution is 5.81. The van der Waals surface area contributed by atoms with Gasteiger partial charge in [0.1, 0.15) is 22.9 Å². The molecule has 17 heavy (non-hydrogen) atoms. The van der Waals surface area contributed by atoms with E-state index in [-0.39, 0.29) is 0 Å². The predicted octanol–water partition coefficient (Wildman–Crippen LogP) is 1.10. The molecule has 1 saturated heterocycles. The van der Waals surface area contributed by atoms with Crippen molar-refractivity contribution >= 4 is 11.0 Å². The molecule has 0 spiro atoms. The molecular weight excluding hydrogens is 216 g/mol. The van der Waals surface area contributed by atoms with Crippen LogP contribution in [0.1, 0.15) is 12.8 Å². The molecule has 1 aromatic carbocycles. The maximum Gasteiger partial charge on any atom is 0.147 e. The van der Waals surface area contributed by atoms with Gasteiger partial charge in [0.15, 0.2) is 0 Å². The summed E-state index contributed by atoms with van der Waals surface area (Å²) in [6, 6.07) is 5.92. The fourth-order valence-electron chi connectivity index (χ4n) is 2.26. The first-order valence-electron chi connectivity index (χ1n) is 6.00. The molecular formula is C12H16N4O. The van der Waals surface area contributed by atoms with Crippen LogP contribution in [0, 0.1) is 0 Å². The number of piperidine rings is 1. The van der Waals surface area contributed by atoms with E-state index in [0.717, 1.165) is 42.7 Å². The minimum atomic E-state index is 0.303. The first-order valence-corrected chi connectivity index (χ1v) is 6.00. The van der Waals surface area contributed by atoms with Gasteiger partial charge in [-0.25, -0.2) is 4.68 Å². The highest BCUT2D eigenvalue weighted by Gasteiger charge is 2.17. The second-order valence-corrected chi connectivity index (χ2v) is 4.40. The van der Waals surface area contributed by atoms with Crippen LogP contribution < -0.4 is 10.1 Å². The van der Waals surface area contributed by atoms with Gasteiger partial charge >= 0.3 is 0 Å². The van der Waals surface area contributed by atoms with Crippen LogP contribution in [0.2, 0.25) is 0 Å². The lowest BCUT2D eigenvalue weighted by Crippen LogP contribution is -2.34. The number of rotatable bonds is 2.